The van der Waals surface area contributed by atoms with E-state index in [1.54, 1.807) is 6.08 Å². The molecule has 0 radical (unpaired) electrons. The van der Waals surface area contributed by atoms with E-state index in [2.05, 4.69) is 92.1 Å². The second-order valence-corrected chi connectivity index (χ2v) is 27.4. The number of allylic oxidation sites excluding steroid dienone is 13. The number of aliphatic hydroxyl groups excluding tert-OH is 1. The molecule has 0 spiro atoms. The van der Waals surface area contributed by atoms with Gasteiger partial charge in [0, 0.05) is 6.42 Å². The highest BCUT2D eigenvalue weighted by atomic mass is 31.2. The van der Waals surface area contributed by atoms with E-state index < -0.39 is 20.0 Å². The van der Waals surface area contributed by atoms with Gasteiger partial charge in [0.05, 0.1) is 39.9 Å². The number of hydrogen-bond acceptors (Lipinski definition) is 5. The summed E-state index contributed by atoms with van der Waals surface area (Å²) in [6, 6.07) is -0.850. The summed E-state index contributed by atoms with van der Waals surface area (Å²) in [6.45, 7) is 4.74. The van der Waals surface area contributed by atoms with Crippen molar-refractivity contribution in [2.24, 2.45) is 0 Å². The highest BCUT2D eigenvalue weighted by Crippen LogP contribution is 2.43. The molecule has 0 aromatic heterocycles. The summed E-state index contributed by atoms with van der Waals surface area (Å²) < 4.78 is 23.8. The molecule has 9 heteroatoms. The number of phosphoric ester groups is 1. The van der Waals surface area contributed by atoms with E-state index >= 15 is 0 Å². The second kappa shape index (κ2) is 66.1. The van der Waals surface area contributed by atoms with E-state index in [1.807, 2.05) is 27.2 Å². The molecule has 8 nitrogen and oxygen atoms in total. The van der Waals surface area contributed by atoms with Gasteiger partial charge in [-0.2, -0.15) is 0 Å². The molecule has 0 heterocycles. The molecule has 0 fully saturated rings. The van der Waals surface area contributed by atoms with Crippen LogP contribution in [0.1, 0.15) is 341 Å². The fourth-order valence-corrected chi connectivity index (χ4v) is 11.5. The maximum absolute atomic E-state index is 13.1. The molecular weight excluding hydrogens is 1070 g/mol. The monoisotopic (exact) mass is 1210 g/mol. The molecule has 0 aliphatic rings. The van der Waals surface area contributed by atoms with E-state index in [0.29, 0.717) is 17.4 Å². The number of hydrogen-bond donors (Lipinski definition) is 3. The van der Waals surface area contributed by atoms with Crippen LogP contribution in [0.3, 0.4) is 0 Å². The number of aliphatic hydroxyl groups is 1. The van der Waals surface area contributed by atoms with Gasteiger partial charge in [-0.15, -0.1) is 0 Å². The van der Waals surface area contributed by atoms with Crippen LogP contribution in [0.5, 0.6) is 0 Å². The molecular formula is C76H142N2O6P+. The molecule has 85 heavy (non-hydrogen) atoms. The number of nitrogens with one attached hydrogen (secondary N) is 1. The molecule has 3 N–H and O–H groups in total. The van der Waals surface area contributed by atoms with Crippen LogP contribution in [0, 0.1) is 0 Å². The Morgan fingerprint density at radius 1 is 0.412 bits per heavy atom. The van der Waals surface area contributed by atoms with Crippen LogP contribution in [-0.4, -0.2) is 73.4 Å². The maximum atomic E-state index is 13.1. The van der Waals surface area contributed by atoms with Crippen LogP contribution in [-0.2, 0) is 18.4 Å². The molecule has 0 aromatic carbocycles. The van der Waals surface area contributed by atoms with Crippen molar-refractivity contribution in [1.29, 1.82) is 0 Å². The molecule has 3 unspecified atom stereocenters. The minimum absolute atomic E-state index is 0.0614. The number of carbonyl (C=O) groups excluding carboxylic acids is 1. The fourth-order valence-electron chi connectivity index (χ4n) is 10.8. The molecule has 0 bridgehead atoms. The van der Waals surface area contributed by atoms with Gasteiger partial charge in [-0.25, -0.2) is 4.57 Å². The SMILES string of the molecule is CC/C=C\C/C=C\C/C=C\C/C=C\C/C=C\C/C=C\CCCCCCCCCCCCCCCCCCCCCCC(=O)NC(COP(=O)(O)OCC[N+](C)(C)C)C(O)/C=C/CCCCCCCCCCCCCCCCCCCCCCCC. The number of nitrogens with zero attached hydrogens (tertiary/aromatic N) is 1. The third-order valence-corrected chi connectivity index (χ3v) is 17.4. The van der Waals surface area contributed by atoms with Crippen molar-refractivity contribution in [1.82, 2.24) is 5.32 Å². The first-order valence-electron chi connectivity index (χ1n) is 36.5. The van der Waals surface area contributed by atoms with Crippen molar-refractivity contribution in [3.05, 3.63) is 85.1 Å². The van der Waals surface area contributed by atoms with Crippen LogP contribution < -0.4 is 5.32 Å². The molecule has 0 saturated heterocycles. The predicted molar refractivity (Wildman–Crippen MR) is 373 cm³/mol. The standard InChI is InChI=1S/C76H141N2O6P/c1-6-8-10-12-14-16-18-20-22-24-26-28-30-32-33-34-35-36-37-38-39-40-41-42-43-44-45-46-48-50-52-54-56-58-60-62-64-66-68-70-76(80)77-74(73-84-85(81,82)83-72-71-78(3,4)5)75(79)69-67-65-63-61-59-57-55-53-51-49-47-31-29-27-25-23-21-19-17-15-13-11-9-7-2/h8,10,14,16,20,22,26,28,32-33,35-36,67,69,74-75,79H,6-7,9,11-13,15,17-19,21,23-25,27,29-31,34,37-66,68,70-73H2,1-5H3,(H-,77,80,81,82)/p+1/b10-8-,16-14-,22-20-,28-26-,33-32-,36-35-,69-67+. The first-order valence-corrected chi connectivity index (χ1v) is 38.0. The summed E-state index contributed by atoms with van der Waals surface area (Å²) in [5.41, 5.74) is 0. The minimum atomic E-state index is -4.36. The summed E-state index contributed by atoms with van der Waals surface area (Å²) in [5, 5.41) is 14.0. The smallest absolute Gasteiger partial charge is 0.387 e. The van der Waals surface area contributed by atoms with Gasteiger partial charge < -0.3 is 19.8 Å². The van der Waals surface area contributed by atoms with E-state index in [9.17, 15) is 19.4 Å². The van der Waals surface area contributed by atoms with Gasteiger partial charge in [0.15, 0.2) is 0 Å². The van der Waals surface area contributed by atoms with Crippen molar-refractivity contribution < 1.29 is 32.9 Å². The highest BCUT2D eigenvalue weighted by molar-refractivity contribution is 7.47. The van der Waals surface area contributed by atoms with Gasteiger partial charge in [-0.1, -0.05) is 349 Å². The zero-order valence-corrected chi connectivity index (χ0v) is 57.7. The summed E-state index contributed by atoms with van der Waals surface area (Å²) in [4.78, 5) is 23.4. The topological polar surface area (TPSA) is 105 Å². The van der Waals surface area contributed by atoms with Gasteiger partial charge in [-0.05, 0) is 70.6 Å². The third kappa shape index (κ3) is 69.0. The van der Waals surface area contributed by atoms with Crippen molar-refractivity contribution in [2.75, 3.05) is 40.9 Å². The lowest BCUT2D eigenvalue weighted by atomic mass is 10.0. The van der Waals surface area contributed by atoms with Crippen molar-refractivity contribution in [3.63, 3.8) is 0 Å². The number of unbranched alkanes of at least 4 members (excludes halogenated alkanes) is 42. The lowest BCUT2D eigenvalue weighted by Crippen LogP contribution is -2.45. The largest absolute Gasteiger partial charge is 0.472 e. The Morgan fingerprint density at radius 2 is 0.706 bits per heavy atom. The summed E-state index contributed by atoms with van der Waals surface area (Å²) in [7, 11) is 1.58. The van der Waals surface area contributed by atoms with Gasteiger partial charge >= 0.3 is 7.82 Å². The third-order valence-electron chi connectivity index (χ3n) is 16.4. The van der Waals surface area contributed by atoms with Crippen molar-refractivity contribution >= 4 is 13.7 Å². The first-order chi connectivity index (χ1) is 41.5. The normalized spacial score (nSPS) is 14.1. The fraction of sp³-hybridized carbons (Fsp3) is 0.803. The van der Waals surface area contributed by atoms with E-state index in [4.69, 9.17) is 9.05 Å². The van der Waals surface area contributed by atoms with Gasteiger partial charge in [-0.3, -0.25) is 13.8 Å². The Balaban J connectivity index is 3.99. The summed E-state index contributed by atoms with van der Waals surface area (Å²) in [6.07, 6.45) is 94.5. The minimum Gasteiger partial charge on any atom is -0.387 e. The highest BCUT2D eigenvalue weighted by Gasteiger charge is 2.28. The number of carbonyl (C=O) groups is 1. The Morgan fingerprint density at radius 3 is 1.04 bits per heavy atom. The average molecular weight is 1210 g/mol. The van der Waals surface area contributed by atoms with Gasteiger partial charge in [0.25, 0.3) is 0 Å². The Kier molecular flexibility index (Phi) is 64.3. The number of phosphoric acid groups is 1. The first kappa shape index (κ1) is 82.7. The number of quaternary nitrogens is 1. The van der Waals surface area contributed by atoms with Gasteiger partial charge in [0.2, 0.25) is 5.91 Å². The molecule has 496 valence electrons. The maximum Gasteiger partial charge on any atom is 0.472 e. The number of amides is 1. The van der Waals surface area contributed by atoms with E-state index in [-0.39, 0.29) is 19.1 Å². The van der Waals surface area contributed by atoms with E-state index in [0.717, 1.165) is 77.0 Å². The van der Waals surface area contributed by atoms with Crippen molar-refractivity contribution in [2.45, 2.75) is 353 Å². The van der Waals surface area contributed by atoms with Crippen LogP contribution in [0.25, 0.3) is 0 Å². The summed E-state index contributed by atoms with van der Waals surface area (Å²) >= 11 is 0. The molecule has 1 amide bonds. The second-order valence-electron chi connectivity index (χ2n) is 25.9. The molecule has 0 rings (SSSR count). The summed E-state index contributed by atoms with van der Waals surface area (Å²) in [5.74, 6) is -0.172. The lowest BCUT2D eigenvalue weighted by Gasteiger charge is -2.25. The molecule has 0 aromatic rings. The Labute approximate surface area is 528 Å². The molecule has 3 atom stereocenters. The Hall–Kier alpha value is -2.32. The van der Waals surface area contributed by atoms with Crippen LogP contribution in [0.4, 0.5) is 0 Å². The lowest BCUT2D eigenvalue weighted by molar-refractivity contribution is -0.870. The zero-order chi connectivity index (χ0) is 61.9. The quantitative estimate of drug-likeness (QED) is 0.0243. The molecule has 0 saturated carbocycles. The zero-order valence-electron chi connectivity index (χ0n) is 56.8. The average Bonchev–Trinajstić information content (AvgIpc) is 3.49. The van der Waals surface area contributed by atoms with Crippen LogP contribution in [0.2, 0.25) is 0 Å². The van der Waals surface area contributed by atoms with Gasteiger partial charge in [0.1, 0.15) is 13.2 Å². The number of likely N-dealkylation sites (N-methyl/N-ethyl adjacent to an activating group) is 1. The van der Waals surface area contributed by atoms with Crippen molar-refractivity contribution in [3.8, 4) is 0 Å². The van der Waals surface area contributed by atoms with Crippen LogP contribution >= 0.6 is 7.82 Å². The van der Waals surface area contributed by atoms with Crippen LogP contribution in [0.15, 0.2) is 85.1 Å². The molecule has 0 aliphatic carbocycles. The molecule has 0 aliphatic heterocycles. The Bertz CT molecular complexity index is 1660. The van der Waals surface area contributed by atoms with E-state index in [1.165, 1.54) is 244 Å². The predicted octanol–water partition coefficient (Wildman–Crippen LogP) is 23.5. The number of rotatable bonds is 67.